The van der Waals surface area contributed by atoms with E-state index < -0.39 is 5.91 Å². The van der Waals surface area contributed by atoms with Crippen molar-refractivity contribution in [1.29, 1.82) is 5.41 Å². The van der Waals surface area contributed by atoms with Crippen molar-refractivity contribution in [2.45, 2.75) is 6.42 Å². The van der Waals surface area contributed by atoms with Gasteiger partial charge in [-0.05, 0) is 17.7 Å². The van der Waals surface area contributed by atoms with Gasteiger partial charge in [-0.25, -0.2) is 0 Å². The molecule has 0 fully saturated rings. The Morgan fingerprint density at radius 2 is 2.06 bits per heavy atom. The lowest BCUT2D eigenvalue weighted by Crippen LogP contribution is -2.16. The lowest BCUT2D eigenvalue weighted by molar-refractivity contribution is 0.1000. The summed E-state index contributed by atoms with van der Waals surface area (Å²) in [6.07, 6.45) is 4.15. The molecule has 0 unspecified atom stereocenters. The van der Waals surface area contributed by atoms with Crippen LogP contribution in [-0.4, -0.2) is 24.4 Å². The fraction of sp³-hybridized carbons (Fsp3) is 0.154. The molecule has 1 amide bonds. The van der Waals surface area contributed by atoms with E-state index in [4.69, 9.17) is 11.1 Å². The van der Waals surface area contributed by atoms with Crippen molar-refractivity contribution in [1.82, 2.24) is 0 Å². The van der Waals surface area contributed by atoms with Gasteiger partial charge in [-0.1, -0.05) is 18.2 Å². The van der Waals surface area contributed by atoms with Gasteiger partial charge in [0.05, 0.1) is 6.54 Å². The minimum absolute atomic E-state index is 0.399. The molecule has 0 radical (unpaired) electrons. The number of carbonyl (C=O) groups excluding carboxylic acids is 1. The number of benzene rings is 1. The van der Waals surface area contributed by atoms with Gasteiger partial charge < -0.3 is 11.1 Å². The molecule has 0 aromatic heterocycles. The fourth-order valence-electron chi connectivity index (χ4n) is 1.78. The van der Waals surface area contributed by atoms with Gasteiger partial charge in [-0.15, -0.1) is 0 Å². The molecule has 1 heterocycles. The van der Waals surface area contributed by atoms with E-state index in [1.165, 1.54) is 0 Å². The van der Waals surface area contributed by atoms with Gasteiger partial charge in [0, 0.05) is 29.5 Å². The maximum absolute atomic E-state index is 11.2. The van der Waals surface area contributed by atoms with Crippen LogP contribution in [0.1, 0.15) is 22.3 Å². The predicted octanol–water partition coefficient (Wildman–Crippen LogP) is 1.55. The molecule has 0 saturated heterocycles. The largest absolute Gasteiger partial charge is 0.366 e. The van der Waals surface area contributed by atoms with E-state index in [-0.39, 0.29) is 0 Å². The lowest BCUT2D eigenvalue weighted by atomic mass is 9.97. The summed E-state index contributed by atoms with van der Waals surface area (Å²) in [5.74, 6) is -0.498. The van der Waals surface area contributed by atoms with Crippen LogP contribution < -0.4 is 5.73 Å². The molecule has 1 aliphatic rings. The molecule has 0 bridgehead atoms. The van der Waals surface area contributed by atoms with Crippen LogP contribution in [0.2, 0.25) is 0 Å². The molecular weight excluding hydrogens is 214 g/mol. The van der Waals surface area contributed by atoms with Gasteiger partial charge in [-0.2, -0.15) is 0 Å². The third-order valence-electron chi connectivity index (χ3n) is 2.63. The Hall–Kier alpha value is -2.23. The minimum atomic E-state index is -0.498. The molecule has 4 nitrogen and oxygen atoms in total. The summed E-state index contributed by atoms with van der Waals surface area (Å²) in [6.45, 7) is 0.640. The van der Waals surface area contributed by atoms with Crippen molar-refractivity contribution in [3.05, 3.63) is 47.0 Å². The van der Waals surface area contributed by atoms with Gasteiger partial charge in [0.1, 0.15) is 0 Å². The van der Waals surface area contributed by atoms with E-state index in [1.54, 1.807) is 30.5 Å². The van der Waals surface area contributed by atoms with E-state index >= 15 is 0 Å². The molecule has 1 aromatic carbocycles. The number of primary amides is 1. The van der Waals surface area contributed by atoms with Crippen molar-refractivity contribution in [2.75, 3.05) is 6.54 Å². The first kappa shape index (κ1) is 11.3. The quantitative estimate of drug-likeness (QED) is 0.752. The number of hydrogen-bond acceptors (Lipinski definition) is 3. The monoisotopic (exact) mass is 227 g/mol. The summed E-state index contributed by atoms with van der Waals surface area (Å²) >= 11 is 0. The highest BCUT2D eigenvalue weighted by atomic mass is 16.1. The zero-order chi connectivity index (χ0) is 12.3. The molecule has 86 valence electrons. The number of rotatable bonds is 4. The van der Waals surface area contributed by atoms with Gasteiger partial charge in [0.2, 0.25) is 5.91 Å². The van der Waals surface area contributed by atoms with E-state index in [0.717, 1.165) is 5.57 Å². The number of amides is 1. The number of carbonyl (C=O) groups is 1. The van der Waals surface area contributed by atoms with E-state index in [1.807, 2.05) is 6.08 Å². The molecule has 1 aliphatic heterocycles. The van der Waals surface area contributed by atoms with Crippen LogP contribution >= 0.6 is 0 Å². The van der Waals surface area contributed by atoms with Crippen molar-refractivity contribution in [2.24, 2.45) is 10.7 Å². The van der Waals surface area contributed by atoms with Crippen LogP contribution in [0.25, 0.3) is 0 Å². The molecule has 4 heteroatoms. The Morgan fingerprint density at radius 1 is 1.35 bits per heavy atom. The van der Waals surface area contributed by atoms with Gasteiger partial charge >= 0.3 is 0 Å². The van der Waals surface area contributed by atoms with Gasteiger partial charge in [-0.3, -0.25) is 9.79 Å². The third kappa shape index (κ3) is 2.47. The molecule has 0 atom stereocenters. The highest BCUT2D eigenvalue weighted by molar-refractivity contribution is 6.09. The van der Waals surface area contributed by atoms with E-state index in [0.29, 0.717) is 29.8 Å². The summed E-state index contributed by atoms with van der Waals surface area (Å²) in [5.41, 5.74) is 7.77. The Kier molecular flexibility index (Phi) is 3.14. The van der Waals surface area contributed by atoms with E-state index in [2.05, 4.69) is 4.99 Å². The smallest absolute Gasteiger partial charge is 0.249 e. The Balaban J connectivity index is 2.21. The maximum Gasteiger partial charge on any atom is 0.249 e. The van der Waals surface area contributed by atoms with Crippen molar-refractivity contribution in [3.8, 4) is 0 Å². The Bertz CT molecular complexity index is 529. The number of hydrogen-bond donors (Lipinski definition) is 2. The first-order valence-corrected chi connectivity index (χ1v) is 5.33. The fourth-order valence-corrected chi connectivity index (χ4v) is 1.78. The van der Waals surface area contributed by atoms with Crippen molar-refractivity contribution in [3.63, 3.8) is 0 Å². The second-order valence-corrected chi connectivity index (χ2v) is 3.88. The summed E-state index contributed by atoms with van der Waals surface area (Å²) in [7, 11) is 0. The number of nitrogens with zero attached hydrogens (tertiary/aromatic N) is 1. The van der Waals surface area contributed by atoms with Crippen LogP contribution in [0, 0.1) is 5.41 Å². The predicted molar refractivity (Wildman–Crippen MR) is 67.8 cm³/mol. The molecule has 3 N–H and O–H groups in total. The molecule has 1 aromatic rings. The van der Waals surface area contributed by atoms with Crippen LogP contribution in [0.5, 0.6) is 0 Å². The Morgan fingerprint density at radius 3 is 2.65 bits per heavy atom. The van der Waals surface area contributed by atoms with Crippen LogP contribution in [-0.2, 0) is 0 Å². The zero-order valence-corrected chi connectivity index (χ0v) is 9.31. The lowest BCUT2D eigenvalue weighted by Gasteiger charge is -2.08. The SMILES string of the molecule is N=C(CC1=CC=NC1)c1ccccc1C(N)=O. The van der Waals surface area contributed by atoms with Crippen LogP contribution in [0.3, 0.4) is 0 Å². The highest BCUT2D eigenvalue weighted by Gasteiger charge is 2.13. The molecular formula is C13H13N3O. The average molecular weight is 227 g/mol. The van der Waals surface area contributed by atoms with Crippen LogP contribution in [0.15, 0.2) is 40.9 Å². The second kappa shape index (κ2) is 4.74. The van der Waals surface area contributed by atoms with Gasteiger partial charge in [0.15, 0.2) is 0 Å². The minimum Gasteiger partial charge on any atom is -0.366 e. The second-order valence-electron chi connectivity index (χ2n) is 3.88. The molecule has 17 heavy (non-hydrogen) atoms. The van der Waals surface area contributed by atoms with Gasteiger partial charge in [0.25, 0.3) is 0 Å². The Labute approximate surface area is 99.4 Å². The van der Waals surface area contributed by atoms with E-state index in [9.17, 15) is 4.79 Å². The summed E-state index contributed by atoms with van der Waals surface area (Å²) in [5, 5.41) is 8.02. The molecule has 2 rings (SSSR count). The van der Waals surface area contributed by atoms with Crippen LogP contribution in [0.4, 0.5) is 0 Å². The summed E-state index contributed by atoms with van der Waals surface area (Å²) < 4.78 is 0. The highest BCUT2D eigenvalue weighted by Crippen LogP contribution is 2.15. The maximum atomic E-state index is 11.2. The first-order chi connectivity index (χ1) is 8.18. The molecule has 0 spiro atoms. The first-order valence-electron chi connectivity index (χ1n) is 5.33. The van der Waals surface area contributed by atoms with Crippen molar-refractivity contribution < 1.29 is 4.79 Å². The topological polar surface area (TPSA) is 79.3 Å². The number of aliphatic imine (C=N–C) groups is 1. The normalized spacial score (nSPS) is 13.5. The molecule has 0 saturated carbocycles. The third-order valence-corrected chi connectivity index (χ3v) is 2.63. The summed E-state index contributed by atoms with van der Waals surface area (Å²) in [4.78, 5) is 15.3. The van der Waals surface area contributed by atoms with Crippen molar-refractivity contribution >= 4 is 17.8 Å². The number of nitrogens with two attached hydrogens (primary N) is 1. The number of allylic oxidation sites excluding steroid dienone is 1. The number of nitrogens with one attached hydrogen (secondary N) is 1. The average Bonchev–Trinajstić information content (AvgIpc) is 2.81. The zero-order valence-electron chi connectivity index (χ0n) is 9.31. The standard InChI is InChI=1S/C13H13N3O/c14-12(7-9-5-6-16-8-9)10-3-1-2-4-11(10)13(15)17/h1-6,14H,7-8H2,(H2,15,17). The molecule has 0 aliphatic carbocycles. The summed E-state index contributed by atoms with van der Waals surface area (Å²) in [6, 6.07) is 6.94.